The van der Waals surface area contributed by atoms with Gasteiger partial charge in [0.1, 0.15) is 5.58 Å². The maximum atomic E-state index is 5.63. The third-order valence-corrected chi connectivity index (χ3v) is 2.71. The minimum absolute atomic E-state index is 0.225. The first kappa shape index (κ1) is 10.4. The van der Waals surface area contributed by atoms with E-state index in [0.29, 0.717) is 17.5 Å². The average Bonchev–Trinajstić information content (AvgIpc) is 2.93. The second-order valence-electron chi connectivity index (χ2n) is 3.80. The van der Waals surface area contributed by atoms with Crippen LogP contribution in [0.5, 0.6) is 0 Å². The van der Waals surface area contributed by atoms with E-state index in [1.807, 2.05) is 31.2 Å². The summed E-state index contributed by atoms with van der Waals surface area (Å²) in [6.07, 6.45) is 0. The number of rotatable bonds is 2. The van der Waals surface area contributed by atoms with Gasteiger partial charge < -0.3 is 8.94 Å². The van der Waals surface area contributed by atoms with E-state index >= 15 is 0 Å². The number of aryl methyl sites for hydroxylation is 1. The van der Waals surface area contributed by atoms with Gasteiger partial charge in [-0.1, -0.05) is 16.8 Å². The zero-order valence-corrected chi connectivity index (χ0v) is 9.86. The molecule has 2 heterocycles. The number of alkyl halides is 1. The van der Waals surface area contributed by atoms with E-state index < -0.39 is 0 Å². The molecule has 0 radical (unpaired) electrons. The number of benzene rings is 1. The van der Waals surface area contributed by atoms with Crippen molar-refractivity contribution in [3.63, 3.8) is 0 Å². The largest absolute Gasteiger partial charge is 0.451 e. The Balaban J connectivity index is 2.11. The highest BCUT2D eigenvalue weighted by atomic mass is 35.5. The van der Waals surface area contributed by atoms with Crippen molar-refractivity contribution >= 4 is 22.6 Å². The number of furan rings is 1. The summed E-state index contributed by atoms with van der Waals surface area (Å²) in [7, 11) is 0. The van der Waals surface area contributed by atoms with E-state index in [9.17, 15) is 0 Å². The first-order valence-corrected chi connectivity index (χ1v) is 5.69. The summed E-state index contributed by atoms with van der Waals surface area (Å²) in [5.41, 5.74) is 1.98. The van der Waals surface area contributed by atoms with Crippen LogP contribution in [0.3, 0.4) is 0 Å². The van der Waals surface area contributed by atoms with Crippen LogP contribution in [-0.4, -0.2) is 10.1 Å². The molecule has 3 rings (SSSR count). The monoisotopic (exact) mass is 248 g/mol. The van der Waals surface area contributed by atoms with Crippen LogP contribution < -0.4 is 0 Å². The first-order chi connectivity index (χ1) is 8.26. The number of aromatic nitrogens is 2. The summed E-state index contributed by atoms with van der Waals surface area (Å²) in [6, 6.07) is 7.84. The molecule has 0 bridgehead atoms. The van der Waals surface area contributed by atoms with E-state index in [0.717, 1.165) is 11.0 Å². The molecule has 5 heteroatoms. The van der Waals surface area contributed by atoms with Crippen LogP contribution in [-0.2, 0) is 5.88 Å². The lowest BCUT2D eigenvalue weighted by Gasteiger charge is -1.89. The van der Waals surface area contributed by atoms with Gasteiger partial charge in [-0.2, -0.15) is 4.98 Å². The van der Waals surface area contributed by atoms with Crippen LogP contribution in [0.25, 0.3) is 22.6 Å². The topological polar surface area (TPSA) is 52.1 Å². The highest BCUT2D eigenvalue weighted by molar-refractivity contribution is 6.16. The molecule has 0 amide bonds. The van der Waals surface area contributed by atoms with Crippen molar-refractivity contribution in [3.05, 3.63) is 35.7 Å². The SMILES string of the molecule is Cc1ccc2oc(-c3nc(CCl)no3)cc2c1. The van der Waals surface area contributed by atoms with Gasteiger partial charge in [0.2, 0.25) is 0 Å². The van der Waals surface area contributed by atoms with Crippen molar-refractivity contribution in [2.45, 2.75) is 12.8 Å². The molecule has 0 saturated carbocycles. The zero-order valence-electron chi connectivity index (χ0n) is 9.11. The van der Waals surface area contributed by atoms with Crippen molar-refractivity contribution in [3.8, 4) is 11.7 Å². The van der Waals surface area contributed by atoms with E-state index in [4.69, 9.17) is 20.5 Å². The molecule has 2 aromatic heterocycles. The zero-order chi connectivity index (χ0) is 11.8. The second kappa shape index (κ2) is 3.89. The van der Waals surface area contributed by atoms with Crippen LogP contribution in [0.1, 0.15) is 11.4 Å². The van der Waals surface area contributed by atoms with Gasteiger partial charge >= 0.3 is 0 Å². The van der Waals surface area contributed by atoms with Gasteiger partial charge in [0.25, 0.3) is 5.89 Å². The normalized spacial score (nSPS) is 11.2. The summed E-state index contributed by atoms with van der Waals surface area (Å²) >= 11 is 5.61. The van der Waals surface area contributed by atoms with E-state index in [1.54, 1.807) is 0 Å². The molecule has 86 valence electrons. The lowest BCUT2D eigenvalue weighted by molar-refractivity contribution is 0.413. The number of fused-ring (bicyclic) bond motifs is 1. The minimum Gasteiger partial charge on any atom is -0.451 e. The fraction of sp³-hybridized carbons (Fsp3) is 0.167. The van der Waals surface area contributed by atoms with Gasteiger partial charge in [0, 0.05) is 5.39 Å². The van der Waals surface area contributed by atoms with Crippen molar-refractivity contribution in [1.29, 1.82) is 0 Å². The van der Waals surface area contributed by atoms with Crippen LogP contribution >= 0.6 is 11.6 Å². The summed E-state index contributed by atoms with van der Waals surface area (Å²) in [6.45, 7) is 2.03. The summed E-state index contributed by atoms with van der Waals surface area (Å²) in [5.74, 6) is 1.60. The van der Waals surface area contributed by atoms with Crippen LogP contribution in [0.15, 0.2) is 33.2 Å². The van der Waals surface area contributed by atoms with Gasteiger partial charge in [0.05, 0.1) is 5.88 Å². The molecule has 0 fully saturated rings. The lowest BCUT2D eigenvalue weighted by atomic mass is 10.2. The van der Waals surface area contributed by atoms with Gasteiger partial charge in [0.15, 0.2) is 11.6 Å². The number of halogens is 1. The first-order valence-electron chi connectivity index (χ1n) is 5.15. The standard InChI is InChI=1S/C12H9ClN2O2/c1-7-2-3-9-8(4-7)5-10(16-9)12-14-11(6-13)15-17-12/h2-5H,6H2,1H3. The van der Waals surface area contributed by atoms with E-state index in [1.165, 1.54) is 5.56 Å². The molecule has 17 heavy (non-hydrogen) atoms. The summed E-state index contributed by atoms with van der Waals surface area (Å²) < 4.78 is 10.7. The Morgan fingerprint density at radius 1 is 1.29 bits per heavy atom. The Morgan fingerprint density at radius 2 is 2.18 bits per heavy atom. The summed E-state index contributed by atoms with van der Waals surface area (Å²) in [4.78, 5) is 4.11. The number of hydrogen-bond donors (Lipinski definition) is 0. The fourth-order valence-corrected chi connectivity index (χ4v) is 1.79. The molecule has 0 spiro atoms. The minimum atomic E-state index is 0.225. The molecule has 0 aliphatic carbocycles. The molecule has 0 atom stereocenters. The van der Waals surface area contributed by atoms with Crippen molar-refractivity contribution < 1.29 is 8.94 Å². The average molecular weight is 249 g/mol. The van der Waals surface area contributed by atoms with Gasteiger partial charge in [-0.05, 0) is 25.1 Å². The molecule has 4 nitrogen and oxygen atoms in total. The molecular weight excluding hydrogens is 240 g/mol. The van der Waals surface area contributed by atoms with Crippen LogP contribution in [0.4, 0.5) is 0 Å². The van der Waals surface area contributed by atoms with Gasteiger partial charge in [-0.15, -0.1) is 11.6 Å². The van der Waals surface area contributed by atoms with Crippen molar-refractivity contribution in [2.24, 2.45) is 0 Å². The maximum Gasteiger partial charge on any atom is 0.293 e. The molecular formula is C12H9ClN2O2. The lowest BCUT2D eigenvalue weighted by Crippen LogP contribution is -1.78. The van der Waals surface area contributed by atoms with Crippen molar-refractivity contribution in [2.75, 3.05) is 0 Å². The molecule has 0 N–H and O–H groups in total. The molecule has 3 aromatic rings. The van der Waals surface area contributed by atoms with E-state index in [-0.39, 0.29) is 5.88 Å². The fourth-order valence-electron chi connectivity index (χ4n) is 1.68. The summed E-state index contributed by atoms with van der Waals surface area (Å²) in [5, 5.41) is 4.74. The second-order valence-corrected chi connectivity index (χ2v) is 4.07. The van der Waals surface area contributed by atoms with Crippen LogP contribution in [0, 0.1) is 6.92 Å². The highest BCUT2D eigenvalue weighted by Gasteiger charge is 2.13. The Morgan fingerprint density at radius 3 is 2.94 bits per heavy atom. The van der Waals surface area contributed by atoms with Gasteiger partial charge in [-0.3, -0.25) is 0 Å². The number of nitrogens with zero attached hydrogens (tertiary/aromatic N) is 2. The third kappa shape index (κ3) is 1.80. The smallest absolute Gasteiger partial charge is 0.293 e. The Kier molecular flexibility index (Phi) is 2.37. The number of hydrogen-bond acceptors (Lipinski definition) is 4. The van der Waals surface area contributed by atoms with Gasteiger partial charge in [-0.25, -0.2) is 0 Å². The molecule has 0 unspecified atom stereocenters. The van der Waals surface area contributed by atoms with E-state index in [2.05, 4.69) is 10.1 Å². The molecule has 0 aliphatic heterocycles. The Labute approximate surface area is 102 Å². The molecule has 1 aromatic carbocycles. The molecule has 0 aliphatic rings. The quantitative estimate of drug-likeness (QED) is 0.651. The van der Waals surface area contributed by atoms with Crippen molar-refractivity contribution in [1.82, 2.24) is 10.1 Å². The highest BCUT2D eigenvalue weighted by Crippen LogP contribution is 2.27. The predicted octanol–water partition coefficient (Wildman–Crippen LogP) is 3.53. The van der Waals surface area contributed by atoms with Crippen LogP contribution in [0.2, 0.25) is 0 Å². The Hall–Kier alpha value is -1.81. The third-order valence-electron chi connectivity index (χ3n) is 2.47. The maximum absolute atomic E-state index is 5.63. The Bertz CT molecular complexity index is 672. The predicted molar refractivity (Wildman–Crippen MR) is 63.8 cm³/mol. The molecule has 0 saturated heterocycles.